The summed E-state index contributed by atoms with van der Waals surface area (Å²) in [5.74, 6) is 1.40. The lowest BCUT2D eigenvalue weighted by molar-refractivity contribution is 0.476. The molecule has 1 fully saturated rings. The molecule has 110 valence electrons. The fourth-order valence-corrected chi connectivity index (χ4v) is 2.71. The zero-order chi connectivity index (χ0) is 14.7. The molecule has 4 heteroatoms. The lowest BCUT2D eigenvalue weighted by atomic mass is 9.99. The summed E-state index contributed by atoms with van der Waals surface area (Å²) in [4.78, 5) is 0. The third-order valence-electron chi connectivity index (χ3n) is 3.74. The van der Waals surface area contributed by atoms with Gasteiger partial charge in [-0.2, -0.15) is 0 Å². The van der Waals surface area contributed by atoms with Gasteiger partial charge in [0.15, 0.2) is 0 Å². The highest BCUT2D eigenvalue weighted by Gasteiger charge is 2.14. The van der Waals surface area contributed by atoms with Crippen LogP contribution in [0, 0.1) is 11.7 Å². The molecule has 2 aromatic carbocycles. The third-order valence-corrected chi connectivity index (χ3v) is 4.04. The van der Waals surface area contributed by atoms with E-state index >= 15 is 0 Å². The normalized spacial score (nSPS) is 17.9. The Labute approximate surface area is 128 Å². The maximum absolute atomic E-state index is 13.4. The monoisotopic (exact) mass is 305 g/mol. The minimum Gasteiger partial charge on any atom is -0.457 e. The SMILES string of the molecule is Fc1cc(Oc2ccc(C[C@@H]3CCNC3)cc2)ccc1Cl. The molecule has 2 aromatic rings. The minimum atomic E-state index is -0.473. The summed E-state index contributed by atoms with van der Waals surface area (Å²) in [5, 5.41) is 3.48. The second-order valence-electron chi connectivity index (χ2n) is 5.38. The Kier molecular flexibility index (Phi) is 4.42. The first-order valence-corrected chi connectivity index (χ1v) is 7.51. The van der Waals surface area contributed by atoms with Crippen LogP contribution in [-0.2, 0) is 6.42 Å². The van der Waals surface area contributed by atoms with Gasteiger partial charge in [0.25, 0.3) is 0 Å². The highest BCUT2D eigenvalue weighted by molar-refractivity contribution is 6.30. The van der Waals surface area contributed by atoms with E-state index in [0.717, 1.165) is 25.4 Å². The Hall–Kier alpha value is -1.58. The van der Waals surface area contributed by atoms with Crippen LogP contribution in [-0.4, -0.2) is 13.1 Å². The first-order valence-electron chi connectivity index (χ1n) is 7.13. The lowest BCUT2D eigenvalue weighted by Crippen LogP contribution is -2.10. The molecule has 1 saturated heterocycles. The summed E-state index contributed by atoms with van der Waals surface area (Å²) in [5.41, 5.74) is 1.30. The second-order valence-corrected chi connectivity index (χ2v) is 5.79. The smallest absolute Gasteiger partial charge is 0.145 e. The largest absolute Gasteiger partial charge is 0.457 e. The van der Waals surface area contributed by atoms with Crippen molar-refractivity contribution in [3.63, 3.8) is 0 Å². The van der Waals surface area contributed by atoms with E-state index < -0.39 is 5.82 Å². The number of halogens is 2. The molecule has 0 unspecified atom stereocenters. The van der Waals surface area contributed by atoms with Crippen LogP contribution in [0.2, 0.25) is 5.02 Å². The number of ether oxygens (including phenoxy) is 1. The fourth-order valence-electron chi connectivity index (χ4n) is 2.59. The molecule has 0 bridgehead atoms. The summed E-state index contributed by atoms with van der Waals surface area (Å²) in [7, 11) is 0. The van der Waals surface area contributed by atoms with Crippen molar-refractivity contribution in [1.82, 2.24) is 5.32 Å². The highest BCUT2D eigenvalue weighted by Crippen LogP contribution is 2.26. The van der Waals surface area contributed by atoms with Crippen LogP contribution in [0.4, 0.5) is 4.39 Å². The van der Waals surface area contributed by atoms with E-state index in [1.54, 1.807) is 6.07 Å². The number of rotatable bonds is 4. The zero-order valence-corrected chi connectivity index (χ0v) is 12.4. The summed E-state index contributed by atoms with van der Waals surface area (Å²) in [6, 6.07) is 12.4. The average Bonchev–Trinajstić information content (AvgIpc) is 2.98. The predicted molar refractivity (Wildman–Crippen MR) is 82.6 cm³/mol. The van der Waals surface area contributed by atoms with Gasteiger partial charge < -0.3 is 10.1 Å². The molecule has 0 aromatic heterocycles. The van der Waals surface area contributed by atoms with E-state index in [0.29, 0.717) is 11.5 Å². The average molecular weight is 306 g/mol. The van der Waals surface area contributed by atoms with E-state index in [-0.39, 0.29) is 5.02 Å². The minimum absolute atomic E-state index is 0.0999. The molecule has 1 aliphatic heterocycles. The first kappa shape index (κ1) is 14.4. The topological polar surface area (TPSA) is 21.3 Å². The van der Waals surface area contributed by atoms with Crippen molar-refractivity contribution in [3.8, 4) is 11.5 Å². The maximum atomic E-state index is 13.4. The van der Waals surface area contributed by atoms with Crippen molar-refractivity contribution in [2.75, 3.05) is 13.1 Å². The molecule has 0 aliphatic carbocycles. The van der Waals surface area contributed by atoms with Crippen molar-refractivity contribution < 1.29 is 9.13 Å². The molecule has 3 rings (SSSR count). The highest BCUT2D eigenvalue weighted by atomic mass is 35.5. The Bertz CT molecular complexity index is 609. The molecule has 1 N–H and O–H groups in total. The Morgan fingerprint density at radius 1 is 1.14 bits per heavy atom. The summed E-state index contributed by atoms with van der Waals surface area (Å²) in [6.07, 6.45) is 2.32. The molecule has 1 heterocycles. The van der Waals surface area contributed by atoms with Crippen molar-refractivity contribution in [3.05, 3.63) is 58.9 Å². The van der Waals surface area contributed by atoms with Gasteiger partial charge in [0, 0.05) is 6.07 Å². The number of hydrogen-bond acceptors (Lipinski definition) is 2. The fraction of sp³-hybridized carbons (Fsp3) is 0.294. The third kappa shape index (κ3) is 3.74. The molecule has 1 atom stereocenters. The van der Waals surface area contributed by atoms with Crippen molar-refractivity contribution in [2.24, 2.45) is 5.92 Å². The maximum Gasteiger partial charge on any atom is 0.145 e. The van der Waals surface area contributed by atoms with E-state index in [4.69, 9.17) is 16.3 Å². The van der Waals surface area contributed by atoms with Gasteiger partial charge >= 0.3 is 0 Å². The van der Waals surface area contributed by atoms with E-state index in [1.165, 1.54) is 24.1 Å². The molecule has 21 heavy (non-hydrogen) atoms. The molecule has 1 aliphatic rings. The Morgan fingerprint density at radius 2 is 1.90 bits per heavy atom. The number of benzene rings is 2. The van der Waals surface area contributed by atoms with Crippen molar-refractivity contribution in [1.29, 1.82) is 0 Å². The van der Waals surface area contributed by atoms with Gasteiger partial charge in [0.2, 0.25) is 0 Å². The zero-order valence-electron chi connectivity index (χ0n) is 11.6. The summed E-state index contributed by atoms with van der Waals surface area (Å²) in [6.45, 7) is 2.22. The molecule has 2 nitrogen and oxygen atoms in total. The molecule has 0 radical (unpaired) electrons. The van der Waals surface area contributed by atoms with Crippen LogP contribution in [0.3, 0.4) is 0 Å². The second kappa shape index (κ2) is 6.46. The van der Waals surface area contributed by atoms with Gasteiger partial charge in [-0.15, -0.1) is 0 Å². The summed E-state index contributed by atoms with van der Waals surface area (Å²) >= 11 is 5.65. The van der Waals surface area contributed by atoms with Crippen LogP contribution in [0.5, 0.6) is 11.5 Å². The van der Waals surface area contributed by atoms with Gasteiger partial charge in [-0.3, -0.25) is 0 Å². The summed E-state index contributed by atoms with van der Waals surface area (Å²) < 4.78 is 19.0. The first-order chi connectivity index (χ1) is 10.2. The molecule has 0 spiro atoms. The van der Waals surface area contributed by atoms with Crippen LogP contribution in [0.15, 0.2) is 42.5 Å². The number of hydrogen-bond donors (Lipinski definition) is 1. The molecule has 0 saturated carbocycles. The molecular formula is C17H17ClFNO. The van der Waals surface area contributed by atoms with Crippen LogP contribution in [0.25, 0.3) is 0 Å². The van der Waals surface area contributed by atoms with Gasteiger partial charge in [0.05, 0.1) is 5.02 Å². The van der Waals surface area contributed by atoms with Crippen LogP contribution >= 0.6 is 11.6 Å². The van der Waals surface area contributed by atoms with E-state index in [2.05, 4.69) is 17.4 Å². The Balaban J connectivity index is 1.64. The lowest BCUT2D eigenvalue weighted by Gasteiger charge is -2.10. The van der Waals surface area contributed by atoms with Gasteiger partial charge in [-0.05, 0) is 61.7 Å². The predicted octanol–water partition coefficient (Wildman–Crippen LogP) is 4.42. The van der Waals surface area contributed by atoms with Crippen LogP contribution in [0.1, 0.15) is 12.0 Å². The quantitative estimate of drug-likeness (QED) is 0.902. The van der Waals surface area contributed by atoms with Gasteiger partial charge in [-0.1, -0.05) is 23.7 Å². The Morgan fingerprint density at radius 3 is 2.57 bits per heavy atom. The molecule has 0 amide bonds. The van der Waals surface area contributed by atoms with Crippen molar-refractivity contribution >= 4 is 11.6 Å². The van der Waals surface area contributed by atoms with Crippen LogP contribution < -0.4 is 10.1 Å². The van der Waals surface area contributed by atoms with Gasteiger partial charge in [-0.25, -0.2) is 4.39 Å². The van der Waals surface area contributed by atoms with Crippen molar-refractivity contribution in [2.45, 2.75) is 12.8 Å². The van der Waals surface area contributed by atoms with E-state index in [9.17, 15) is 4.39 Å². The molecular weight excluding hydrogens is 289 g/mol. The van der Waals surface area contributed by atoms with E-state index in [1.807, 2.05) is 12.1 Å². The standard InChI is InChI=1S/C17H17ClFNO/c18-16-6-5-15(10-17(16)19)21-14-3-1-12(2-4-14)9-13-7-8-20-11-13/h1-6,10,13,20H,7-9,11H2/t13-/m0/s1. The number of nitrogens with one attached hydrogen (secondary N) is 1. The van der Waals surface area contributed by atoms with Gasteiger partial charge in [0.1, 0.15) is 17.3 Å².